The molecule has 32 heavy (non-hydrogen) atoms. The lowest BCUT2D eigenvalue weighted by molar-refractivity contribution is 0.0986. The Morgan fingerprint density at radius 1 is 0.750 bits per heavy atom. The molecule has 4 aromatic rings. The first-order valence-corrected chi connectivity index (χ1v) is 10.9. The van der Waals surface area contributed by atoms with Crippen molar-refractivity contribution in [3.8, 4) is 11.5 Å². The van der Waals surface area contributed by atoms with Crippen LogP contribution in [0.2, 0.25) is 0 Å². The monoisotopic (exact) mass is 428 g/mol. The number of piperazine rings is 1. The van der Waals surface area contributed by atoms with Crippen molar-refractivity contribution in [2.75, 3.05) is 26.2 Å². The van der Waals surface area contributed by atoms with E-state index in [1.165, 1.54) is 23.3 Å². The van der Waals surface area contributed by atoms with Crippen molar-refractivity contribution in [3.63, 3.8) is 0 Å². The number of hydrogen-bond donors (Lipinski definition) is 0. The van der Waals surface area contributed by atoms with Crippen LogP contribution >= 0.6 is 0 Å². The summed E-state index contributed by atoms with van der Waals surface area (Å²) in [5.41, 5.74) is 3.35. The Morgan fingerprint density at radius 2 is 1.34 bits per heavy atom. The largest absolute Gasteiger partial charge is 0.419 e. The van der Waals surface area contributed by atoms with E-state index in [2.05, 4.69) is 80.7 Å². The topological polar surface area (TPSA) is 45.4 Å². The SMILES string of the molecule is Fc1ccc(-c2nnc(CN3CCN(C(c4ccccc4)c4ccccc4)CC3)o2)cc1. The van der Waals surface area contributed by atoms with Crippen LogP contribution in [0, 0.1) is 5.82 Å². The standard InChI is InChI=1S/C26H25FN4O/c27-23-13-11-22(12-14-23)26-29-28-24(32-26)19-30-15-17-31(18-16-30)25(20-7-3-1-4-8-20)21-9-5-2-6-10-21/h1-14,25H,15-19H2. The number of halogens is 1. The second kappa shape index (κ2) is 9.42. The molecule has 162 valence electrons. The number of benzene rings is 3. The average molecular weight is 429 g/mol. The minimum atomic E-state index is -0.282. The van der Waals surface area contributed by atoms with Crippen LogP contribution in [0.25, 0.3) is 11.5 Å². The molecule has 0 atom stereocenters. The van der Waals surface area contributed by atoms with E-state index in [0.29, 0.717) is 18.3 Å². The van der Waals surface area contributed by atoms with E-state index in [4.69, 9.17) is 4.42 Å². The maximum Gasteiger partial charge on any atom is 0.247 e. The molecule has 0 unspecified atom stereocenters. The van der Waals surface area contributed by atoms with Crippen LogP contribution in [0.3, 0.4) is 0 Å². The van der Waals surface area contributed by atoms with E-state index in [1.807, 2.05) is 0 Å². The molecule has 0 bridgehead atoms. The summed E-state index contributed by atoms with van der Waals surface area (Å²) in [6, 6.07) is 27.7. The van der Waals surface area contributed by atoms with Gasteiger partial charge in [-0.05, 0) is 35.4 Å². The summed E-state index contributed by atoms with van der Waals surface area (Å²) in [6.45, 7) is 4.36. The third-order valence-corrected chi connectivity index (χ3v) is 5.92. The summed E-state index contributed by atoms with van der Waals surface area (Å²) >= 11 is 0. The summed E-state index contributed by atoms with van der Waals surface area (Å²) in [6.07, 6.45) is 0. The predicted octanol–water partition coefficient (Wildman–Crippen LogP) is 4.78. The fourth-order valence-electron chi connectivity index (χ4n) is 4.28. The van der Waals surface area contributed by atoms with Crippen LogP contribution in [-0.4, -0.2) is 46.2 Å². The molecule has 0 spiro atoms. The van der Waals surface area contributed by atoms with E-state index >= 15 is 0 Å². The molecule has 0 aliphatic carbocycles. The second-order valence-corrected chi connectivity index (χ2v) is 8.04. The van der Waals surface area contributed by atoms with Gasteiger partial charge in [0.25, 0.3) is 0 Å². The zero-order chi connectivity index (χ0) is 21.8. The lowest BCUT2D eigenvalue weighted by atomic mass is 9.96. The number of hydrogen-bond acceptors (Lipinski definition) is 5. The van der Waals surface area contributed by atoms with Crippen molar-refractivity contribution < 1.29 is 8.81 Å². The highest BCUT2D eigenvalue weighted by atomic mass is 19.1. The Labute approximate surface area is 187 Å². The normalized spacial score (nSPS) is 15.3. The molecule has 1 saturated heterocycles. The summed E-state index contributed by atoms with van der Waals surface area (Å²) < 4.78 is 19.0. The minimum absolute atomic E-state index is 0.244. The van der Waals surface area contributed by atoms with Gasteiger partial charge in [0.1, 0.15) is 5.82 Å². The average Bonchev–Trinajstić information content (AvgIpc) is 3.31. The highest BCUT2D eigenvalue weighted by molar-refractivity contribution is 5.51. The molecule has 0 N–H and O–H groups in total. The van der Waals surface area contributed by atoms with Gasteiger partial charge in [-0.15, -0.1) is 10.2 Å². The van der Waals surface area contributed by atoms with E-state index in [9.17, 15) is 4.39 Å². The molecule has 5 nitrogen and oxygen atoms in total. The first-order chi connectivity index (χ1) is 15.8. The van der Waals surface area contributed by atoms with Gasteiger partial charge in [-0.25, -0.2) is 4.39 Å². The smallest absolute Gasteiger partial charge is 0.247 e. The zero-order valence-corrected chi connectivity index (χ0v) is 17.8. The van der Waals surface area contributed by atoms with Crippen molar-refractivity contribution in [2.45, 2.75) is 12.6 Å². The Kier molecular flexibility index (Phi) is 6.05. The number of nitrogens with zero attached hydrogens (tertiary/aromatic N) is 4. The van der Waals surface area contributed by atoms with Gasteiger partial charge in [-0.2, -0.15) is 0 Å². The summed E-state index contributed by atoms with van der Waals surface area (Å²) in [5.74, 6) is 0.725. The molecule has 3 aromatic carbocycles. The summed E-state index contributed by atoms with van der Waals surface area (Å²) in [5, 5.41) is 8.32. The minimum Gasteiger partial charge on any atom is -0.419 e. The predicted molar refractivity (Wildman–Crippen MR) is 121 cm³/mol. The van der Waals surface area contributed by atoms with Crippen LogP contribution in [0.5, 0.6) is 0 Å². The van der Waals surface area contributed by atoms with Gasteiger partial charge in [-0.3, -0.25) is 9.80 Å². The van der Waals surface area contributed by atoms with Crippen molar-refractivity contribution in [1.29, 1.82) is 0 Å². The van der Waals surface area contributed by atoms with E-state index < -0.39 is 0 Å². The van der Waals surface area contributed by atoms with E-state index in [1.54, 1.807) is 12.1 Å². The maximum atomic E-state index is 13.1. The molecule has 2 heterocycles. The fraction of sp³-hybridized carbons (Fsp3) is 0.231. The molecule has 1 aliphatic heterocycles. The van der Waals surface area contributed by atoms with Crippen LogP contribution in [-0.2, 0) is 6.54 Å². The van der Waals surface area contributed by atoms with E-state index in [-0.39, 0.29) is 11.9 Å². The van der Waals surface area contributed by atoms with E-state index in [0.717, 1.165) is 31.7 Å². The van der Waals surface area contributed by atoms with Crippen molar-refractivity contribution in [1.82, 2.24) is 20.0 Å². The maximum absolute atomic E-state index is 13.1. The summed E-state index contributed by atoms with van der Waals surface area (Å²) in [7, 11) is 0. The van der Waals surface area contributed by atoms with Crippen molar-refractivity contribution in [2.24, 2.45) is 0 Å². The molecular formula is C26H25FN4O. The quantitative estimate of drug-likeness (QED) is 0.442. The third-order valence-electron chi connectivity index (χ3n) is 5.92. The van der Waals surface area contributed by atoms with Crippen LogP contribution in [0.1, 0.15) is 23.1 Å². The third kappa shape index (κ3) is 4.61. The second-order valence-electron chi connectivity index (χ2n) is 8.04. The highest BCUT2D eigenvalue weighted by Crippen LogP contribution is 2.29. The van der Waals surface area contributed by atoms with Crippen molar-refractivity contribution >= 4 is 0 Å². The molecular weight excluding hydrogens is 403 g/mol. The van der Waals surface area contributed by atoms with Gasteiger partial charge in [0.15, 0.2) is 0 Å². The summed E-state index contributed by atoms with van der Waals surface area (Å²) in [4.78, 5) is 4.88. The lowest BCUT2D eigenvalue weighted by Gasteiger charge is -2.39. The van der Waals surface area contributed by atoms with Crippen LogP contribution in [0.4, 0.5) is 4.39 Å². The molecule has 6 heteroatoms. The Hall–Kier alpha value is -3.35. The van der Waals surface area contributed by atoms with Gasteiger partial charge in [0.2, 0.25) is 11.8 Å². The van der Waals surface area contributed by atoms with Gasteiger partial charge in [0.05, 0.1) is 12.6 Å². The van der Waals surface area contributed by atoms with Gasteiger partial charge in [-0.1, -0.05) is 60.7 Å². The molecule has 1 fully saturated rings. The number of rotatable bonds is 6. The van der Waals surface area contributed by atoms with Crippen molar-refractivity contribution in [3.05, 3.63) is 108 Å². The molecule has 1 aliphatic rings. The zero-order valence-electron chi connectivity index (χ0n) is 17.8. The Morgan fingerprint density at radius 3 is 1.94 bits per heavy atom. The first-order valence-electron chi connectivity index (χ1n) is 10.9. The van der Waals surface area contributed by atoms with Gasteiger partial charge >= 0.3 is 0 Å². The lowest BCUT2D eigenvalue weighted by Crippen LogP contribution is -2.47. The fourth-order valence-corrected chi connectivity index (χ4v) is 4.28. The molecule has 0 amide bonds. The molecule has 1 aromatic heterocycles. The van der Waals surface area contributed by atoms with Crippen LogP contribution in [0.15, 0.2) is 89.3 Å². The highest BCUT2D eigenvalue weighted by Gasteiger charge is 2.27. The Balaban J connectivity index is 1.25. The van der Waals surface area contributed by atoms with Gasteiger partial charge < -0.3 is 4.42 Å². The molecule has 0 saturated carbocycles. The first kappa shape index (κ1) is 20.5. The van der Waals surface area contributed by atoms with Crippen LogP contribution < -0.4 is 0 Å². The number of aromatic nitrogens is 2. The Bertz CT molecular complexity index is 1080. The van der Waals surface area contributed by atoms with Gasteiger partial charge in [0, 0.05) is 31.7 Å². The molecule has 0 radical (unpaired) electrons. The molecule has 5 rings (SSSR count).